The Morgan fingerprint density at radius 3 is 1.67 bits per heavy atom. The number of nitrogens with one attached hydrogen (secondary N) is 1. The number of hydrogen-bond acceptors (Lipinski definition) is 12. The highest BCUT2D eigenvalue weighted by Crippen LogP contribution is 2.22. The maximum atomic E-state index is 12.4. The van der Waals surface area contributed by atoms with Gasteiger partial charge < -0.3 is 50.9 Å². The van der Waals surface area contributed by atoms with Gasteiger partial charge in [0.25, 0.3) is 0 Å². The molecule has 12 nitrogen and oxygen atoms in total. The van der Waals surface area contributed by atoms with E-state index >= 15 is 0 Å². The number of aliphatic hydroxyl groups is 8. The Labute approximate surface area is 284 Å². The van der Waals surface area contributed by atoms with Crippen molar-refractivity contribution in [2.24, 2.45) is 0 Å². The van der Waals surface area contributed by atoms with Crippen molar-refractivity contribution in [1.82, 2.24) is 10.2 Å². The zero-order valence-electron chi connectivity index (χ0n) is 28.2. The Hall–Kier alpha value is -2.49. The average molecular weight is 679 g/mol. The summed E-state index contributed by atoms with van der Waals surface area (Å²) in [5, 5.41) is 82.4. The molecule has 0 aliphatic heterocycles. The van der Waals surface area contributed by atoms with Crippen LogP contribution >= 0.6 is 0 Å². The minimum atomic E-state index is -1.55. The van der Waals surface area contributed by atoms with Crippen LogP contribution in [0.1, 0.15) is 56.1 Å². The molecule has 0 spiro atoms. The molecule has 2 aromatic carbocycles. The van der Waals surface area contributed by atoms with Crippen LogP contribution in [0.2, 0.25) is 0 Å². The van der Waals surface area contributed by atoms with E-state index in [1.807, 2.05) is 19.2 Å². The molecule has 0 aromatic heterocycles. The van der Waals surface area contributed by atoms with Crippen molar-refractivity contribution in [2.45, 2.75) is 94.4 Å². The number of aryl methyl sites for hydroxylation is 2. The molecular weight excluding hydrogens is 620 g/mol. The Morgan fingerprint density at radius 1 is 0.688 bits per heavy atom. The fourth-order valence-electron chi connectivity index (χ4n) is 5.42. The topological polar surface area (TPSA) is 203 Å². The van der Waals surface area contributed by atoms with Gasteiger partial charge >= 0.3 is 5.97 Å². The molecule has 0 radical (unpaired) electrons. The number of ether oxygens (including phenoxy) is 1. The largest absolute Gasteiger partial charge is 0.466 e. The minimum Gasteiger partial charge on any atom is -0.466 e. The first-order chi connectivity index (χ1) is 23.1. The summed E-state index contributed by atoms with van der Waals surface area (Å²) in [5.74, 6) is -0.325. The monoisotopic (exact) mass is 678 g/mol. The number of carbonyl (C=O) groups is 1. The smallest absolute Gasteiger partial charge is 0.306 e. The van der Waals surface area contributed by atoms with Crippen LogP contribution in [0, 0.1) is 0 Å². The summed E-state index contributed by atoms with van der Waals surface area (Å²) >= 11 is 0. The Morgan fingerprint density at radius 2 is 1.19 bits per heavy atom. The highest BCUT2D eigenvalue weighted by molar-refractivity contribution is 5.70. The van der Waals surface area contributed by atoms with E-state index in [9.17, 15) is 35.4 Å². The molecule has 0 aliphatic rings. The van der Waals surface area contributed by atoms with Crippen LogP contribution in [0.4, 0.5) is 0 Å². The van der Waals surface area contributed by atoms with Gasteiger partial charge in [0.1, 0.15) is 12.2 Å². The first kappa shape index (κ1) is 41.7. The van der Waals surface area contributed by atoms with Crippen LogP contribution in [-0.4, -0.2) is 141 Å². The molecule has 48 heavy (non-hydrogen) atoms. The van der Waals surface area contributed by atoms with Gasteiger partial charge in [-0.3, -0.25) is 9.69 Å². The summed E-state index contributed by atoms with van der Waals surface area (Å²) in [4.78, 5) is 13.9. The summed E-state index contributed by atoms with van der Waals surface area (Å²) in [6.45, 7) is 0.375. The zero-order valence-corrected chi connectivity index (χ0v) is 28.2. The third-order valence-corrected chi connectivity index (χ3v) is 8.45. The van der Waals surface area contributed by atoms with Crippen LogP contribution in [0.5, 0.6) is 0 Å². The number of benzene rings is 2. The predicted octanol–water partition coefficient (Wildman–Crippen LogP) is 0.384. The predicted molar refractivity (Wildman–Crippen MR) is 183 cm³/mol. The van der Waals surface area contributed by atoms with Gasteiger partial charge in [0.2, 0.25) is 0 Å². The Balaban J connectivity index is 1.78. The van der Waals surface area contributed by atoms with Gasteiger partial charge in [0, 0.05) is 32.7 Å². The number of rotatable bonds is 26. The number of aliphatic hydroxyl groups excluding tert-OH is 8. The number of nitrogens with zero attached hydrogens (tertiary/aromatic N) is 1. The normalized spacial score (nSPS) is 15.5. The van der Waals surface area contributed by atoms with Gasteiger partial charge in [0.05, 0.1) is 31.0 Å². The summed E-state index contributed by atoms with van der Waals surface area (Å²) < 4.78 is 5.39. The summed E-state index contributed by atoms with van der Waals surface area (Å²) in [7, 11) is 1.97. The van der Waals surface area contributed by atoms with Crippen molar-refractivity contribution in [2.75, 3.05) is 53.0 Å². The molecule has 6 unspecified atom stereocenters. The maximum Gasteiger partial charge on any atom is 0.306 e. The molecule has 0 saturated carbocycles. The fourth-order valence-corrected chi connectivity index (χ4v) is 5.42. The average Bonchev–Trinajstić information content (AvgIpc) is 3.08. The number of esters is 1. The van der Waals surface area contributed by atoms with E-state index in [-0.39, 0.29) is 64.7 Å². The third kappa shape index (κ3) is 15.8. The second-order valence-electron chi connectivity index (χ2n) is 12.4. The fraction of sp³-hybridized carbons (Fsp3) is 0.639. The zero-order chi connectivity index (χ0) is 35.3. The quantitative estimate of drug-likeness (QED) is 0.0490. The summed E-state index contributed by atoms with van der Waals surface area (Å²) in [6, 6.07) is 16.8. The highest BCUT2D eigenvalue weighted by atomic mass is 16.5. The first-order valence-corrected chi connectivity index (χ1v) is 17.1. The highest BCUT2D eigenvalue weighted by Gasteiger charge is 2.30. The van der Waals surface area contributed by atoms with Crippen molar-refractivity contribution >= 4 is 5.97 Å². The van der Waals surface area contributed by atoms with Crippen molar-refractivity contribution < 1.29 is 50.4 Å². The number of carbonyl (C=O) groups excluding carboxylic acids is 1. The van der Waals surface area contributed by atoms with Crippen LogP contribution in [0.15, 0.2) is 48.5 Å². The molecule has 2 rings (SSSR count). The second-order valence-corrected chi connectivity index (χ2v) is 12.4. The molecular formula is C36H58N2O10. The summed E-state index contributed by atoms with van der Waals surface area (Å²) in [5.41, 5.74) is 4.62. The van der Waals surface area contributed by atoms with Crippen molar-refractivity contribution in [3.05, 3.63) is 59.7 Å². The number of hydrogen-bond donors (Lipinski definition) is 9. The Kier molecular flexibility index (Phi) is 20.7. The van der Waals surface area contributed by atoms with Gasteiger partial charge in [-0.2, -0.15) is 0 Å². The Bertz CT molecular complexity index is 1090. The van der Waals surface area contributed by atoms with E-state index < -0.39 is 36.6 Å². The molecule has 0 heterocycles. The number of unbranched alkanes of at least 4 members (excludes halogenated alkanes) is 2. The molecule has 0 fully saturated rings. The molecule has 272 valence electrons. The van der Waals surface area contributed by atoms with Crippen molar-refractivity contribution in [1.29, 1.82) is 0 Å². The lowest BCUT2D eigenvalue weighted by Gasteiger charge is -2.32. The van der Waals surface area contributed by atoms with E-state index in [1.165, 1.54) is 5.56 Å². The molecule has 12 heteroatoms. The molecule has 6 atom stereocenters. The minimum absolute atomic E-state index is 0.129. The second kappa shape index (κ2) is 23.8. The van der Waals surface area contributed by atoms with Gasteiger partial charge in [0.15, 0.2) is 0 Å². The van der Waals surface area contributed by atoms with Gasteiger partial charge in [-0.05, 0) is 93.8 Å². The van der Waals surface area contributed by atoms with E-state index in [0.717, 1.165) is 42.5 Å². The van der Waals surface area contributed by atoms with Crippen molar-refractivity contribution in [3.63, 3.8) is 0 Å². The van der Waals surface area contributed by atoms with Crippen molar-refractivity contribution in [3.8, 4) is 11.1 Å². The lowest BCUT2D eigenvalue weighted by atomic mass is 10.00. The van der Waals surface area contributed by atoms with Gasteiger partial charge in [-0.15, -0.1) is 0 Å². The first-order valence-electron chi connectivity index (χ1n) is 17.1. The SMILES string of the molecule is CNCCCCc1ccc(-c2ccc(CCC(=O)OCCCCN(CC(O)C(O)C(O)CCO)CC(O)C(O)C(O)CCO)cc2)cc1. The summed E-state index contributed by atoms with van der Waals surface area (Å²) in [6.07, 6.45) is -3.80. The van der Waals surface area contributed by atoms with Crippen LogP contribution < -0.4 is 5.32 Å². The molecule has 0 bridgehead atoms. The van der Waals surface area contributed by atoms with Crippen LogP contribution in [-0.2, 0) is 22.4 Å². The maximum absolute atomic E-state index is 12.4. The molecule has 0 aliphatic carbocycles. The van der Waals surface area contributed by atoms with Gasteiger partial charge in [-0.1, -0.05) is 48.5 Å². The molecule has 9 N–H and O–H groups in total. The molecule has 0 amide bonds. The lowest BCUT2D eigenvalue weighted by molar-refractivity contribution is -0.143. The lowest BCUT2D eigenvalue weighted by Crippen LogP contribution is -2.50. The molecule has 0 saturated heterocycles. The molecule has 2 aromatic rings. The van der Waals surface area contributed by atoms with Crippen LogP contribution in [0.25, 0.3) is 11.1 Å². The standard InChI is InChI=1S/C36H58N2O10/c1-37-19-3-2-6-26-7-12-28(13-8-26)29-14-9-27(10-15-29)11-16-34(45)48-23-5-4-20-38(24-32(43)35(46)30(41)17-21-39)25-33(44)36(47)31(42)18-22-40/h7-10,12-15,30-33,35-37,39-44,46-47H,2-6,11,16-25H2,1H3. The van der Waals surface area contributed by atoms with E-state index in [4.69, 9.17) is 14.9 Å². The van der Waals surface area contributed by atoms with Crippen LogP contribution in [0.3, 0.4) is 0 Å². The van der Waals surface area contributed by atoms with E-state index in [2.05, 4.69) is 41.7 Å². The van der Waals surface area contributed by atoms with Gasteiger partial charge in [-0.25, -0.2) is 0 Å². The third-order valence-electron chi connectivity index (χ3n) is 8.45. The van der Waals surface area contributed by atoms with E-state index in [1.54, 1.807) is 4.90 Å². The van der Waals surface area contributed by atoms with E-state index in [0.29, 0.717) is 19.3 Å².